The molecule has 0 amide bonds. The third-order valence-electron chi connectivity index (χ3n) is 1.71. The largest absolute Gasteiger partial charge is 0.448 e. The Morgan fingerprint density at radius 1 is 1.57 bits per heavy atom. The highest BCUT2D eigenvalue weighted by molar-refractivity contribution is 5.70. The van der Waals surface area contributed by atoms with Crippen molar-refractivity contribution < 1.29 is 14.0 Å². The molecule has 0 fully saturated rings. The van der Waals surface area contributed by atoms with Crippen molar-refractivity contribution in [3.8, 4) is 12.3 Å². The minimum absolute atomic E-state index is 0.0580. The lowest BCUT2D eigenvalue weighted by atomic mass is 10.4. The van der Waals surface area contributed by atoms with Crippen LogP contribution in [0.5, 0.6) is 0 Å². The van der Waals surface area contributed by atoms with E-state index in [1.54, 1.807) is 0 Å². The molecule has 14 heavy (non-hydrogen) atoms. The molecule has 0 saturated heterocycles. The van der Waals surface area contributed by atoms with Crippen LogP contribution in [0.1, 0.15) is 6.92 Å². The van der Waals surface area contributed by atoms with E-state index in [1.807, 2.05) is 33.2 Å². The molecular weight excluding hydrogens is 178 g/mol. The number of nitrogens with zero attached hydrogens (tertiary/aromatic N) is 1. The maximum absolute atomic E-state index is 11.2. The van der Waals surface area contributed by atoms with Gasteiger partial charge in [0.05, 0.1) is 20.6 Å². The number of carbonyl (C=O) groups is 1. The lowest BCUT2D eigenvalue weighted by Gasteiger charge is -2.26. The van der Waals surface area contributed by atoms with Gasteiger partial charge >= 0.3 is 5.97 Å². The van der Waals surface area contributed by atoms with E-state index in [9.17, 15) is 4.79 Å². The molecule has 0 atom stereocenters. The van der Waals surface area contributed by atoms with Crippen molar-refractivity contribution in [2.24, 2.45) is 0 Å². The summed E-state index contributed by atoms with van der Waals surface area (Å²) in [6, 6.07) is 0. The minimum atomic E-state index is -0.252. The number of terminal acetylenes is 1. The Bertz CT molecular complexity index is 249. The molecule has 3 nitrogen and oxygen atoms in total. The van der Waals surface area contributed by atoms with Gasteiger partial charge in [0.25, 0.3) is 0 Å². The maximum atomic E-state index is 11.2. The average Bonchev–Trinajstić information content (AvgIpc) is 2.11. The molecule has 0 bridgehead atoms. The fourth-order valence-electron chi connectivity index (χ4n) is 0.973. The van der Waals surface area contributed by atoms with Crippen LogP contribution in [0.2, 0.25) is 0 Å². The van der Waals surface area contributed by atoms with Gasteiger partial charge in [0.15, 0.2) is 13.2 Å². The monoisotopic (exact) mass is 196 g/mol. The van der Waals surface area contributed by atoms with Crippen LogP contribution in [0.25, 0.3) is 0 Å². The molecule has 0 aliphatic rings. The Balaban J connectivity index is 3.96. The second-order valence-corrected chi connectivity index (χ2v) is 3.71. The van der Waals surface area contributed by atoms with Crippen LogP contribution in [-0.2, 0) is 9.53 Å². The molecule has 0 aromatic heterocycles. The molecule has 0 radical (unpaired) electrons. The minimum Gasteiger partial charge on any atom is -0.448 e. The topological polar surface area (TPSA) is 26.3 Å². The van der Waals surface area contributed by atoms with Gasteiger partial charge in [-0.05, 0) is 13.0 Å². The third-order valence-corrected chi connectivity index (χ3v) is 1.71. The van der Waals surface area contributed by atoms with Gasteiger partial charge < -0.3 is 9.22 Å². The maximum Gasteiger partial charge on any atom is 0.362 e. The normalized spacial score (nSPS) is 11.3. The number of quaternary nitrogens is 1. The van der Waals surface area contributed by atoms with Gasteiger partial charge in [-0.1, -0.05) is 12.0 Å². The van der Waals surface area contributed by atoms with Crippen LogP contribution in [0.4, 0.5) is 0 Å². The quantitative estimate of drug-likeness (QED) is 0.281. The second kappa shape index (κ2) is 6.22. The molecular formula is C11H18NO2+. The molecule has 0 N–H and O–H groups in total. The predicted molar refractivity (Wildman–Crippen MR) is 56.4 cm³/mol. The molecule has 0 heterocycles. The zero-order chi connectivity index (χ0) is 11.0. The first kappa shape index (κ1) is 12.7. The van der Waals surface area contributed by atoms with Gasteiger partial charge in [0.2, 0.25) is 0 Å². The molecule has 0 spiro atoms. The number of hydrogen-bond donors (Lipinski definition) is 0. The van der Waals surface area contributed by atoms with E-state index in [0.717, 1.165) is 6.54 Å². The second-order valence-electron chi connectivity index (χ2n) is 3.71. The Morgan fingerprint density at radius 2 is 2.21 bits per heavy atom. The fourth-order valence-corrected chi connectivity index (χ4v) is 0.973. The number of hydrogen-bond acceptors (Lipinski definition) is 2. The lowest BCUT2D eigenvalue weighted by molar-refractivity contribution is -0.877. The van der Waals surface area contributed by atoms with Crippen LogP contribution in [0.3, 0.4) is 0 Å². The highest BCUT2D eigenvalue weighted by Crippen LogP contribution is 1.98. The molecule has 0 saturated carbocycles. The van der Waals surface area contributed by atoms with E-state index in [0.29, 0.717) is 11.0 Å². The molecule has 0 aromatic rings. The number of esters is 1. The first-order valence-corrected chi connectivity index (χ1v) is 4.54. The van der Waals surface area contributed by atoms with Gasteiger partial charge in [0, 0.05) is 0 Å². The lowest BCUT2D eigenvalue weighted by Crippen LogP contribution is -2.44. The summed E-state index contributed by atoms with van der Waals surface area (Å²) in [5.74, 6) is 2.01. The Labute approximate surface area is 85.9 Å². The molecule has 78 valence electrons. The number of rotatable bonds is 5. The van der Waals surface area contributed by atoms with Gasteiger partial charge in [-0.3, -0.25) is 0 Å². The first-order valence-electron chi connectivity index (χ1n) is 4.54. The Kier molecular flexibility index (Phi) is 5.66. The Hall–Kier alpha value is -1.27. The summed E-state index contributed by atoms with van der Waals surface area (Å²) < 4.78 is 5.37. The van der Waals surface area contributed by atoms with Crippen LogP contribution >= 0.6 is 0 Å². The molecule has 0 unspecified atom stereocenters. The van der Waals surface area contributed by atoms with Crippen molar-refractivity contribution in [3.63, 3.8) is 0 Å². The number of carbonyl (C=O) groups excluding carboxylic acids is 1. The zero-order valence-corrected chi connectivity index (χ0v) is 9.12. The van der Waals surface area contributed by atoms with E-state index in [2.05, 4.69) is 5.92 Å². The SMILES string of the molecule is C#CCOC(=O)C[N+](C)(C)CC=CC. The highest BCUT2D eigenvalue weighted by Gasteiger charge is 2.19. The van der Waals surface area contributed by atoms with Crippen LogP contribution in [0.15, 0.2) is 12.2 Å². The van der Waals surface area contributed by atoms with Crippen LogP contribution in [0, 0.1) is 12.3 Å². The summed E-state index contributed by atoms with van der Waals surface area (Å²) in [5, 5.41) is 0. The van der Waals surface area contributed by atoms with Gasteiger partial charge in [-0.25, -0.2) is 4.79 Å². The Morgan fingerprint density at radius 3 is 2.71 bits per heavy atom. The van der Waals surface area contributed by atoms with Gasteiger partial charge in [0.1, 0.15) is 0 Å². The van der Waals surface area contributed by atoms with Crippen molar-refractivity contribution >= 4 is 5.97 Å². The van der Waals surface area contributed by atoms with E-state index < -0.39 is 0 Å². The number of ether oxygens (including phenoxy) is 1. The summed E-state index contributed by atoms with van der Waals surface area (Å²) in [5.41, 5.74) is 0. The standard InChI is InChI=1S/C11H18NO2/c1-5-7-8-12(3,4)10-11(13)14-9-6-2/h2,5,7H,8-10H2,1,3-4H3/q+1. The van der Waals surface area contributed by atoms with Crippen LogP contribution < -0.4 is 0 Å². The molecule has 0 aliphatic carbocycles. The summed E-state index contributed by atoms with van der Waals surface area (Å²) >= 11 is 0. The van der Waals surface area contributed by atoms with Crippen LogP contribution in [-0.4, -0.2) is 44.2 Å². The van der Waals surface area contributed by atoms with Gasteiger partial charge in [-0.15, -0.1) is 6.42 Å². The predicted octanol–water partition coefficient (Wildman–Crippen LogP) is 0.815. The van der Waals surface area contributed by atoms with Crippen molar-refractivity contribution in [3.05, 3.63) is 12.2 Å². The first-order chi connectivity index (χ1) is 6.52. The van der Waals surface area contributed by atoms with E-state index in [1.165, 1.54) is 0 Å². The molecule has 3 heteroatoms. The van der Waals surface area contributed by atoms with Crippen molar-refractivity contribution in [2.45, 2.75) is 6.92 Å². The fraction of sp³-hybridized carbons (Fsp3) is 0.545. The third kappa shape index (κ3) is 6.27. The molecule has 0 rings (SSSR count). The highest BCUT2D eigenvalue weighted by atomic mass is 16.5. The average molecular weight is 196 g/mol. The summed E-state index contributed by atoms with van der Waals surface area (Å²) in [7, 11) is 3.94. The number of allylic oxidation sites excluding steroid dienone is 1. The molecule has 0 aliphatic heterocycles. The molecule has 0 aromatic carbocycles. The van der Waals surface area contributed by atoms with Gasteiger partial charge in [-0.2, -0.15) is 0 Å². The summed E-state index contributed by atoms with van der Waals surface area (Å²) in [6.07, 6.45) is 8.96. The van der Waals surface area contributed by atoms with Crippen molar-refractivity contribution in [1.29, 1.82) is 0 Å². The number of likely N-dealkylation sites (N-methyl/N-ethyl adjacent to an activating group) is 1. The van der Waals surface area contributed by atoms with Crippen molar-refractivity contribution in [1.82, 2.24) is 0 Å². The summed E-state index contributed by atoms with van der Waals surface area (Å²) in [4.78, 5) is 11.2. The van der Waals surface area contributed by atoms with Crippen molar-refractivity contribution in [2.75, 3.05) is 33.8 Å². The zero-order valence-electron chi connectivity index (χ0n) is 9.12. The smallest absolute Gasteiger partial charge is 0.362 e. The summed E-state index contributed by atoms with van der Waals surface area (Å²) in [6.45, 7) is 3.16. The van der Waals surface area contributed by atoms with E-state index in [-0.39, 0.29) is 12.6 Å². The van der Waals surface area contributed by atoms with E-state index in [4.69, 9.17) is 11.2 Å². The van der Waals surface area contributed by atoms with E-state index >= 15 is 0 Å².